The van der Waals surface area contributed by atoms with Gasteiger partial charge in [0.05, 0.1) is 26.7 Å². The van der Waals surface area contributed by atoms with Crippen LogP contribution in [0.2, 0.25) is 0 Å². The summed E-state index contributed by atoms with van der Waals surface area (Å²) in [6.45, 7) is 11.9. The number of cyclic esters (lactones) is 1. The second kappa shape index (κ2) is 50.0. The lowest BCUT2D eigenvalue weighted by molar-refractivity contribution is -0.167. The number of unbranched alkanes of at least 4 members (excludes halogenated alkanes) is 28. The number of carbonyl (C=O) groups excluding carboxylic acids is 7. The first kappa shape index (κ1) is 77.1. The molecule has 0 aromatic heterocycles. The highest BCUT2D eigenvalue weighted by molar-refractivity contribution is 5.99. The highest BCUT2D eigenvalue weighted by Gasteiger charge is 2.34. The predicted octanol–water partition coefficient (Wildman–Crippen LogP) is 17.7. The molecule has 0 N–H and O–H groups in total. The predicted molar refractivity (Wildman–Crippen MR) is 339 cm³/mol. The second-order valence-electron chi connectivity index (χ2n) is 24.5. The molecular formula is C71H118O15. The van der Waals surface area contributed by atoms with Gasteiger partial charge in [0.2, 0.25) is 0 Å². The number of ether oxygens (including phenoxy) is 8. The van der Waals surface area contributed by atoms with E-state index in [0.717, 1.165) is 88.2 Å². The van der Waals surface area contributed by atoms with Crippen molar-refractivity contribution in [3.8, 4) is 11.5 Å². The molecule has 1 aromatic carbocycles. The van der Waals surface area contributed by atoms with E-state index < -0.39 is 24.0 Å². The number of allylic oxidation sites excluding steroid dienone is 2. The Morgan fingerprint density at radius 1 is 0.523 bits per heavy atom. The molecule has 0 bridgehead atoms. The first-order valence-corrected chi connectivity index (χ1v) is 34.1. The van der Waals surface area contributed by atoms with Gasteiger partial charge in [-0.2, -0.15) is 0 Å². The number of hydrogen-bond acceptors (Lipinski definition) is 15. The van der Waals surface area contributed by atoms with Gasteiger partial charge in [-0.3, -0.25) is 28.8 Å². The third-order valence-corrected chi connectivity index (χ3v) is 16.6. The summed E-state index contributed by atoms with van der Waals surface area (Å²) in [5.41, 5.74) is 2.95. The van der Waals surface area contributed by atoms with Crippen LogP contribution >= 0.6 is 0 Å². The summed E-state index contributed by atoms with van der Waals surface area (Å²) < 4.78 is 44.2. The molecule has 2 unspecified atom stereocenters. The summed E-state index contributed by atoms with van der Waals surface area (Å²) in [5.74, 6) is -2.54. The molecule has 0 saturated heterocycles. The Balaban J connectivity index is 1.73. The fourth-order valence-electron chi connectivity index (χ4n) is 11.0. The maximum absolute atomic E-state index is 13.2. The number of carbonyl (C=O) groups is 7. The first-order valence-electron chi connectivity index (χ1n) is 34.1. The molecule has 15 nitrogen and oxygen atoms in total. The monoisotopic (exact) mass is 1210 g/mol. The van der Waals surface area contributed by atoms with Gasteiger partial charge in [-0.05, 0) is 63.9 Å². The fraction of sp³-hybridized carbons (Fsp3) is 0.789. The number of hydrogen-bond donors (Lipinski definition) is 0. The van der Waals surface area contributed by atoms with Gasteiger partial charge in [-0.1, -0.05) is 232 Å². The molecule has 1 aliphatic rings. The number of methoxy groups -OCH3 is 2. The van der Waals surface area contributed by atoms with Crippen LogP contribution in [0.1, 0.15) is 318 Å². The van der Waals surface area contributed by atoms with E-state index in [1.807, 2.05) is 33.8 Å². The molecule has 1 aromatic rings. The SMILES string of the molecule is CCCCCCCCCCCCCCCC(=O)OCC(COC(=O)CCCCCCCCCCCCCCC)OC(=O)CC(C)CCCCCCCC(C)C(=O)OCCCC(=O)Oc1c(CC=C(C)CCC(=O)OC)c(OC)c(C)c2c1C(=O)OC2. The van der Waals surface area contributed by atoms with Crippen LogP contribution in [0, 0.1) is 18.8 Å². The molecule has 0 amide bonds. The van der Waals surface area contributed by atoms with Crippen LogP contribution in [0.3, 0.4) is 0 Å². The molecule has 0 fully saturated rings. The van der Waals surface area contributed by atoms with Crippen LogP contribution in [0.15, 0.2) is 11.6 Å². The Hall–Kier alpha value is -4.95. The Morgan fingerprint density at radius 3 is 1.48 bits per heavy atom. The molecule has 1 heterocycles. The Bertz CT molecular complexity index is 2050. The average Bonchev–Trinajstić information content (AvgIpc) is 1.77. The van der Waals surface area contributed by atoms with Gasteiger partial charge < -0.3 is 37.9 Å². The van der Waals surface area contributed by atoms with Gasteiger partial charge in [0.1, 0.15) is 31.1 Å². The van der Waals surface area contributed by atoms with Gasteiger partial charge >= 0.3 is 41.8 Å². The standard InChI is InChI=1S/C71H118O15/c1-9-11-13-15-17-19-21-23-25-27-29-34-38-43-63(73)82-52-59(53-83-64(74)44-39-35-30-28-26-24-22-20-18-16-14-12-10-2)85-66(76)51-56(4)41-36-32-31-33-37-42-57(5)70(77)81-50-40-45-65(75)86-69-60(48-46-55(3)47-49-62(72)79-7)68(80-8)58(6)61-54-84-71(78)67(61)69/h46,56-57,59H,9-45,47-54H2,1-8H3. The summed E-state index contributed by atoms with van der Waals surface area (Å²) in [4.78, 5) is 89.5. The molecule has 1 aliphatic heterocycles. The van der Waals surface area contributed by atoms with Crippen molar-refractivity contribution in [1.29, 1.82) is 0 Å². The molecule has 2 rings (SSSR count). The Morgan fingerprint density at radius 2 is 0.988 bits per heavy atom. The van der Waals surface area contributed by atoms with Gasteiger partial charge in [0.25, 0.3) is 0 Å². The van der Waals surface area contributed by atoms with Crippen LogP contribution < -0.4 is 9.47 Å². The van der Waals surface area contributed by atoms with Gasteiger partial charge in [-0.15, -0.1) is 0 Å². The van der Waals surface area contributed by atoms with E-state index in [9.17, 15) is 33.6 Å². The van der Waals surface area contributed by atoms with E-state index in [2.05, 4.69) is 13.8 Å². The van der Waals surface area contributed by atoms with Gasteiger partial charge in [0, 0.05) is 43.2 Å². The molecule has 0 radical (unpaired) electrons. The molecule has 86 heavy (non-hydrogen) atoms. The van der Waals surface area contributed by atoms with Crippen LogP contribution in [-0.2, 0) is 70.2 Å². The van der Waals surface area contributed by atoms with Crippen molar-refractivity contribution in [2.75, 3.05) is 34.0 Å². The number of fused-ring (bicyclic) bond motifs is 1. The summed E-state index contributed by atoms with van der Waals surface area (Å²) in [7, 11) is 2.86. The van der Waals surface area contributed by atoms with E-state index in [-0.39, 0.29) is 106 Å². The van der Waals surface area contributed by atoms with Crippen molar-refractivity contribution >= 4 is 41.8 Å². The third-order valence-electron chi connectivity index (χ3n) is 16.6. The lowest BCUT2D eigenvalue weighted by Crippen LogP contribution is -2.31. The first-order chi connectivity index (χ1) is 41.6. The summed E-state index contributed by atoms with van der Waals surface area (Å²) in [6, 6.07) is 0. The minimum atomic E-state index is -0.865. The van der Waals surface area contributed by atoms with E-state index >= 15 is 0 Å². The topological polar surface area (TPSA) is 193 Å². The van der Waals surface area contributed by atoms with E-state index in [1.54, 1.807) is 0 Å². The lowest BCUT2D eigenvalue weighted by atomic mass is 9.94. The minimum Gasteiger partial charge on any atom is -0.496 e. The zero-order valence-corrected chi connectivity index (χ0v) is 55.3. The fourth-order valence-corrected chi connectivity index (χ4v) is 11.0. The number of rotatable bonds is 55. The molecule has 0 spiro atoms. The van der Waals surface area contributed by atoms with Gasteiger partial charge in [0.15, 0.2) is 11.9 Å². The molecule has 0 aliphatic carbocycles. The highest BCUT2D eigenvalue weighted by Crippen LogP contribution is 2.43. The van der Waals surface area contributed by atoms with E-state index in [0.29, 0.717) is 42.6 Å². The van der Waals surface area contributed by atoms with Crippen molar-refractivity contribution in [2.24, 2.45) is 11.8 Å². The number of benzene rings is 1. The highest BCUT2D eigenvalue weighted by atomic mass is 16.6. The maximum Gasteiger partial charge on any atom is 0.342 e. The van der Waals surface area contributed by atoms with E-state index in [1.165, 1.54) is 143 Å². The van der Waals surface area contributed by atoms with Crippen molar-refractivity contribution in [3.05, 3.63) is 33.9 Å². The lowest BCUT2D eigenvalue weighted by Gasteiger charge is -2.19. The molecule has 2 atom stereocenters. The molecular weight excluding hydrogens is 1090 g/mol. The van der Waals surface area contributed by atoms with Gasteiger partial charge in [-0.25, -0.2) is 4.79 Å². The van der Waals surface area contributed by atoms with Crippen LogP contribution in [0.5, 0.6) is 11.5 Å². The van der Waals surface area contributed by atoms with Crippen LogP contribution in [0.25, 0.3) is 0 Å². The van der Waals surface area contributed by atoms with Crippen LogP contribution in [-0.4, -0.2) is 81.9 Å². The third kappa shape index (κ3) is 36.4. The van der Waals surface area contributed by atoms with Crippen molar-refractivity contribution < 1.29 is 71.5 Å². The normalized spacial score (nSPS) is 12.8. The summed E-state index contributed by atoms with van der Waals surface area (Å²) >= 11 is 0. The van der Waals surface area contributed by atoms with Crippen molar-refractivity contribution in [2.45, 2.75) is 318 Å². The summed E-state index contributed by atoms with van der Waals surface area (Å²) in [6.07, 6.45) is 41.0. The van der Waals surface area contributed by atoms with E-state index in [4.69, 9.17) is 37.9 Å². The zero-order valence-electron chi connectivity index (χ0n) is 55.3. The van der Waals surface area contributed by atoms with Crippen molar-refractivity contribution in [1.82, 2.24) is 0 Å². The maximum atomic E-state index is 13.2. The second-order valence-corrected chi connectivity index (χ2v) is 24.5. The Labute approximate surface area is 519 Å². The Kier molecular flexibility index (Phi) is 44.8. The minimum absolute atomic E-state index is 0.0368. The smallest absolute Gasteiger partial charge is 0.342 e. The zero-order chi connectivity index (χ0) is 63.0. The summed E-state index contributed by atoms with van der Waals surface area (Å²) in [5, 5.41) is 0. The van der Waals surface area contributed by atoms with Crippen LogP contribution in [0.4, 0.5) is 0 Å². The van der Waals surface area contributed by atoms with Crippen molar-refractivity contribution in [3.63, 3.8) is 0 Å². The average molecular weight is 1210 g/mol. The quantitative estimate of drug-likeness (QED) is 0.0196. The largest absolute Gasteiger partial charge is 0.496 e. The number of esters is 7. The molecule has 15 heteroatoms. The molecule has 492 valence electrons. The molecule has 0 saturated carbocycles.